The first kappa shape index (κ1) is 16.1. The fourth-order valence-corrected chi connectivity index (χ4v) is 4.45. The minimum Gasteiger partial charge on any atom is -0.492 e. The van der Waals surface area contributed by atoms with Gasteiger partial charge in [0, 0.05) is 18.3 Å². The van der Waals surface area contributed by atoms with Gasteiger partial charge in [0.2, 0.25) is 10.0 Å². The van der Waals surface area contributed by atoms with E-state index in [1.165, 1.54) is 10.4 Å². The van der Waals surface area contributed by atoms with Crippen LogP contribution in [0.3, 0.4) is 0 Å². The number of anilines is 1. The molecule has 3 N–H and O–H groups in total. The molecule has 1 aromatic carbocycles. The summed E-state index contributed by atoms with van der Waals surface area (Å²) in [7, 11) is -3.73. The summed E-state index contributed by atoms with van der Waals surface area (Å²) in [6, 6.07) is 4.23. The van der Waals surface area contributed by atoms with Crippen LogP contribution in [0.1, 0.15) is 26.2 Å². The van der Waals surface area contributed by atoms with E-state index in [1.807, 2.05) is 0 Å². The van der Waals surface area contributed by atoms with Crippen LogP contribution in [0, 0.1) is 0 Å². The summed E-state index contributed by atoms with van der Waals surface area (Å²) in [4.78, 5) is 0.0738. The third-order valence-electron chi connectivity index (χ3n) is 3.64. The molecule has 118 valence electrons. The van der Waals surface area contributed by atoms with Crippen molar-refractivity contribution >= 4 is 15.7 Å². The maximum Gasteiger partial charge on any atom is 0.247 e. The number of nitrogens with zero attached hydrogens (tertiary/aromatic N) is 1. The highest BCUT2D eigenvalue weighted by atomic mass is 32.2. The van der Waals surface area contributed by atoms with Crippen molar-refractivity contribution < 1.29 is 18.3 Å². The highest BCUT2D eigenvalue weighted by molar-refractivity contribution is 7.89. The standard InChI is InChI=1S/C14H22N2O4S/c1-2-20-13-7-6-11(15)9-14(13)21(18,19)16-8-4-3-5-12(16)10-17/h6-7,9,12,17H,2-5,8,10,15H2,1H3. The Bertz CT molecular complexity index is 589. The van der Waals surface area contributed by atoms with E-state index in [0.717, 1.165) is 12.8 Å². The molecule has 1 aliphatic heterocycles. The molecule has 0 amide bonds. The molecule has 1 aromatic rings. The van der Waals surface area contributed by atoms with Crippen molar-refractivity contribution in [2.45, 2.75) is 37.1 Å². The monoisotopic (exact) mass is 314 g/mol. The Morgan fingerprint density at radius 3 is 2.86 bits per heavy atom. The van der Waals surface area contributed by atoms with Gasteiger partial charge in [-0.05, 0) is 38.0 Å². The maximum absolute atomic E-state index is 12.9. The second-order valence-corrected chi connectivity index (χ2v) is 6.95. The van der Waals surface area contributed by atoms with Gasteiger partial charge in [-0.1, -0.05) is 6.42 Å². The summed E-state index contributed by atoms with van der Waals surface area (Å²) in [6.07, 6.45) is 2.39. The van der Waals surface area contributed by atoms with Gasteiger partial charge in [-0.2, -0.15) is 4.31 Å². The molecule has 6 nitrogen and oxygen atoms in total. The zero-order valence-corrected chi connectivity index (χ0v) is 13.0. The maximum atomic E-state index is 12.9. The van der Waals surface area contributed by atoms with Crippen LogP contribution in [0.2, 0.25) is 0 Å². The highest BCUT2D eigenvalue weighted by Crippen LogP contribution is 2.32. The Kier molecular flexibility index (Phi) is 5.08. The zero-order valence-electron chi connectivity index (χ0n) is 12.2. The Morgan fingerprint density at radius 2 is 2.19 bits per heavy atom. The summed E-state index contributed by atoms with van der Waals surface area (Å²) < 4.78 is 32.6. The molecule has 0 spiro atoms. The van der Waals surface area contributed by atoms with Crippen LogP contribution >= 0.6 is 0 Å². The van der Waals surface area contributed by atoms with Crippen LogP contribution in [-0.4, -0.2) is 43.6 Å². The Labute approximate surface area is 125 Å². The molecule has 0 aromatic heterocycles. The van der Waals surface area contributed by atoms with E-state index < -0.39 is 10.0 Å². The van der Waals surface area contributed by atoms with Crippen molar-refractivity contribution in [3.05, 3.63) is 18.2 Å². The first-order valence-electron chi connectivity index (χ1n) is 7.15. The lowest BCUT2D eigenvalue weighted by molar-refractivity contribution is 0.155. The van der Waals surface area contributed by atoms with E-state index in [9.17, 15) is 13.5 Å². The molecule has 1 saturated heterocycles. The SMILES string of the molecule is CCOc1ccc(N)cc1S(=O)(=O)N1CCCCC1CO. The third-order valence-corrected chi connectivity index (χ3v) is 5.61. The largest absolute Gasteiger partial charge is 0.492 e. The first-order chi connectivity index (χ1) is 10.0. The molecular formula is C14H22N2O4S. The number of sulfonamides is 1. The van der Waals surface area contributed by atoms with Crippen molar-refractivity contribution in [2.24, 2.45) is 0 Å². The van der Waals surface area contributed by atoms with Crippen molar-refractivity contribution in [1.29, 1.82) is 0 Å². The van der Waals surface area contributed by atoms with E-state index in [2.05, 4.69) is 0 Å². The van der Waals surface area contributed by atoms with Crippen LogP contribution in [0.25, 0.3) is 0 Å². The fraction of sp³-hybridized carbons (Fsp3) is 0.571. The van der Waals surface area contributed by atoms with Gasteiger partial charge in [0.25, 0.3) is 0 Å². The molecule has 1 aliphatic rings. The normalized spacial score (nSPS) is 20.4. The minimum atomic E-state index is -3.73. The summed E-state index contributed by atoms with van der Waals surface area (Å²) in [5.41, 5.74) is 6.10. The first-order valence-corrected chi connectivity index (χ1v) is 8.59. The number of benzene rings is 1. The van der Waals surface area contributed by atoms with E-state index >= 15 is 0 Å². The molecule has 1 heterocycles. The average Bonchev–Trinajstić information content (AvgIpc) is 2.49. The third kappa shape index (κ3) is 3.30. The van der Waals surface area contributed by atoms with Crippen LogP contribution < -0.4 is 10.5 Å². The number of hydrogen-bond acceptors (Lipinski definition) is 5. The molecule has 7 heteroatoms. The Morgan fingerprint density at radius 1 is 1.43 bits per heavy atom. The summed E-state index contributed by atoms with van der Waals surface area (Å²) in [5.74, 6) is 0.300. The smallest absolute Gasteiger partial charge is 0.247 e. The fourth-order valence-electron chi connectivity index (χ4n) is 2.60. The van der Waals surface area contributed by atoms with Gasteiger partial charge in [0.15, 0.2) is 0 Å². The van der Waals surface area contributed by atoms with E-state index in [4.69, 9.17) is 10.5 Å². The second kappa shape index (κ2) is 6.64. The van der Waals surface area contributed by atoms with Crippen molar-refractivity contribution in [3.63, 3.8) is 0 Å². The van der Waals surface area contributed by atoms with Crippen LogP contribution in [0.4, 0.5) is 5.69 Å². The predicted octanol–water partition coefficient (Wildman–Crippen LogP) is 1.20. The number of rotatable bonds is 5. The summed E-state index contributed by atoms with van der Waals surface area (Å²) in [5, 5.41) is 9.44. The molecule has 0 bridgehead atoms. The minimum absolute atomic E-state index is 0.0738. The number of nitrogen functional groups attached to an aromatic ring is 1. The summed E-state index contributed by atoms with van der Waals surface area (Å²) >= 11 is 0. The van der Waals surface area contributed by atoms with E-state index in [0.29, 0.717) is 31.0 Å². The van der Waals surface area contributed by atoms with Crippen molar-refractivity contribution in [1.82, 2.24) is 4.31 Å². The lowest BCUT2D eigenvalue weighted by Gasteiger charge is -2.33. The van der Waals surface area contributed by atoms with Crippen LogP contribution in [0.5, 0.6) is 5.75 Å². The molecule has 0 radical (unpaired) electrons. The Hall–Kier alpha value is -1.31. The lowest BCUT2D eigenvalue weighted by Crippen LogP contribution is -2.45. The molecule has 0 aliphatic carbocycles. The Balaban J connectivity index is 2.45. The molecule has 0 saturated carbocycles. The topological polar surface area (TPSA) is 92.9 Å². The predicted molar refractivity (Wildman–Crippen MR) is 80.6 cm³/mol. The molecule has 1 fully saturated rings. The summed E-state index contributed by atoms with van der Waals surface area (Å²) in [6.45, 7) is 2.40. The number of ether oxygens (including phenoxy) is 1. The number of aliphatic hydroxyl groups is 1. The molecule has 21 heavy (non-hydrogen) atoms. The van der Waals surface area contributed by atoms with Gasteiger partial charge in [0.05, 0.1) is 13.2 Å². The highest BCUT2D eigenvalue weighted by Gasteiger charge is 2.35. The number of piperidine rings is 1. The molecule has 1 unspecified atom stereocenters. The van der Waals surface area contributed by atoms with Crippen molar-refractivity contribution in [2.75, 3.05) is 25.5 Å². The van der Waals surface area contributed by atoms with Gasteiger partial charge < -0.3 is 15.6 Å². The quantitative estimate of drug-likeness (QED) is 0.797. The van der Waals surface area contributed by atoms with E-state index in [1.54, 1.807) is 19.1 Å². The number of aliphatic hydroxyl groups excluding tert-OH is 1. The average molecular weight is 314 g/mol. The van der Waals surface area contributed by atoms with E-state index in [-0.39, 0.29) is 17.5 Å². The molecule has 1 atom stereocenters. The lowest BCUT2D eigenvalue weighted by atomic mass is 10.1. The van der Waals surface area contributed by atoms with Crippen LogP contribution in [0.15, 0.2) is 23.1 Å². The number of nitrogens with two attached hydrogens (primary N) is 1. The van der Waals surface area contributed by atoms with Crippen molar-refractivity contribution in [3.8, 4) is 5.75 Å². The molecule has 2 rings (SSSR count). The zero-order chi connectivity index (χ0) is 15.5. The molecular weight excluding hydrogens is 292 g/mol. The van der Waals surface area contributed by atoms with Crippen LogP contribution in [-0.2, 0) is 10.0 Å². The van der Waals surface area contributed by atoms with Gasteiger partial charge >= 0.3 is 0 Å². The van der Waals surface area contributed by atoms with Gasteiger partial charge in [-0.15, -0.1) is 0 Å². The number of hydrogen-bond donors (Lipinski definition) is 2. The second-order valence-electron chi connectivity index (χ2n) is 5.09. The van der Waals surface area contributed by atoms with Gasteiger partial charge in [0.1, 0.15) is 10.6 Å². The van der Waals surface area contributed by atoms with Gasteiger partial charge in [-0.25, -0.2) is 8.42 Å². The van der Waals surface area contributed by atoms with Gasteiger partial charge in [-0.3, -0.25) is 0 Å².